The minimum atomic E-state index is -0.527. The van der Waals surface area contributed by atoms with Gasteiger partial charge in [0.2, 0.25) is 5.24 Å². The number of benzene rings is 2. The molecule has 0 aromatic heterocycles. The summed E-state index contributed by atoms with van der Waals surface area (Å²) in [6.45, 7) is 0.245. The van der Waals surface area contributed by atoms with Gasteiger partial charge in [0.1, 0.15) is 18.2 Å². The SMILES string of the molecule is O=C(Cl)/C=C/c1ccc(OCc2ccc(F)cc2Cl)cc1. The first-order valence-corrected chi connectivity index (χ1v) is 6.84. The average molecular weight is 325 g/mol. The number of halogens is 3. The third-order valence-electron chi connectivity index (χ3n) is 2.70. The van der Waals surface area contributed by atoms with E-state index in [1.165, 1.54) is 18.2 Å². The van der Waals surface area contributed by atoms with Crippen LogP contribution in [0.1, 0.15) is 11.1 Å². The van der Waals surface area contributed by atoms with Gasteiger partial charge in [-0.3, -0.25) is 4.79 Å². The predicted octanol–water partition coefficient (Wildman–Crippen LogP) is 4.84. The maximum atomic E-state index is 12.9. The van der Waals surface area contributed by atoms with Gasteiger partial charge in [-0.1, -0.05) is 35.9 Å². The topological polar surface area (TPSA) is 26.3 Å². The molecular formula is C16H11Cl2FO2. The molecule has 0 radical (unpaired) electrons. The molecule has 0 N–H and O–H groups in total. The zero-order chi connectivity index (χ0) is 15.2. The number of allylic oxidation sites excluding steroid dienone is 1. The molecule has 0 aliphatic rings. The fraction of sp³-hybridized carbons (Fsp3) is 0.0625. The lowest BCUT2D eigenvalue weighted by Gasteiger charge is -2.08. The Labute approximate surface area is 131 Å². The van der Waals surface area contributed by atoms with Crippen molar-refractivity contribution in [2.45, 2.75) is 6.61 Å². The minimum absolute atomic E-state index is 0.245. The molecule has 0 aliphatic carbocycles. The average Bonchev–Trinajstić information content (AvgIpc) is 2.45. The molecule has 0 amide bonds. The second-order valence-electron chi connectivity index (χ2n) is 4.23. The van der Waals surface area contributed by atoms with E-state index in [0.717, 1.165) is 5.56 Å². The molecule has 21 heavy (non-hydrogen) atoms. The Morgan fingerprint density at radius 1 is 1.19 bits per heavy atom. The van der Waals surface area contributed by atoms with E-state index in [2.05, 4.69) is 0 Å². The number of hydrogen-bond acceptors (Lipinski definition) is 2. The summed E-state index contributed by atoms with van der Waals surface area (Å²) < 4.78 is 18.5. The van der Waals surface area contributed by atoms with Gasteiger partial charge in [-0.15, -0.1) is 0 Å². The number of hydrogen-bond donors (Lipinski definition) is 0. The van der Waals surface area contributed by atoms with Crippen LogP contribution in [0, 0.1) is 5.82 Å². The van der Waals surface area contributed by atoms with E-state index in [1.807, 2.05) is 0 Å². The lowest BCUT2D eigenvalue weighted by atomic mass is 10.2. The van der Waals surface area contributed by atoms with Gasteiger partial charge in [0.05, 0.1) is 5.02 Å². The van der Waals surface area contributed by atoms with E-state index in [-0.39, 0.29) is 12.4 Å². The van der Waals surface area contributed by atoms with Gasteiger partial charge in [0.15, 0.2) is 0 Å². The lowest BCUT2D eigenvalue weighted by molar-refractivity contribution is -0.107. The Hall–Kier alpha value is -1.84. The Balaban J connectivity index is 1.99. The van der Waals surface area contributed by atoms with Gasteiger partial charge in [0, 0.05) is 5.56 Å². The smallest absolute Gasteiger partial charge is 0.245 e. The predicted molar refractivity (Wildman–Crippen MR) is 82.1 cm³/mol. The largest absolute Gasteiger partial charge is 0.489 e. The molecule has 0 saturated heterocycles. The molecule has 0 aliphatic heterocycles. The Morgan fingerprint density at radius 2 is 1.90 bits per heavy atom. The summed E-state index contributed by atoms with van der Waals surface area (Å²) in [6.07, 6.45) is 2.88. The van der Waals surface area contributed by atoms with Crippen molar-refractivity contribution >= 4 is 34.5 Å². The number of carbonyl (C=O) groups excluding carboxylic acids is 1. The fourth-order valence-electron chi connectivity index (χ4n) is 1.64. The zero-order valence-electron chi connectivity index (χ0n) is 10.9. The van der Waals surface area contributed by atoms with Crippen molar-refractivity contribution < 1.29 is 13.9 Å². The van der Waals surface area contributed by atoms with Gasteiger partial charge < -0.3 is 4.74 Å². The van der Waals surface area contributed by atoms with E-state index in [0.29, 0.717) is 16.3 Å². The molecule has 2 aromatic rings. The minimum Gasteiger partial charge on any atom is -0.489 e. The van der Waals surface area contributed by atoms with E-state index in [1.54, 1.807) is 36.4 Å². The van der Waals surface area contributed by atoms with Crippen molar-refractivity contribution in [3.05, 3.63) is 70.5 Å². The van der Waals surface area contributed by atoms with Gasteiger partial charge in [0.25, 0.3) is 0 Å². The number of rotatable bonds is 5. The molecule has 0 fully saturated rings. The van der Waals surface area contributed by atoms with Crippen LogP contribution in [0.4, 0.5) is 4.39 Å². The molecule has 0 atom stereocenters. The van der Waals surface area contributed by atoms with Crippen molar-refractivity contribution in [3.8, 4) is 5.75 Å². The summed E-state index contributed by atoms with van der Waals surface area (Å²) in [7, 11) is 0. The van der Waals surface area contributed by atoms with Crippen molar-refractivity contribution in [2.24, 2.45) is 0 Å². The highest BCUT2D eigenvalue weighted by molar-refractivity contribution is 6.66. The molecule has 2 aromatic carbocycles. The standard InChI is InChI=1S/C16H11Cl2FO2/c17-15-9-13(19)5-4-12(15)10-21-14-6-1-11(2-7-14)3-8-16(18)20/h1-9H,10H2/b8-3+. The summed E-state index contributed by atoms with van der Waals surface area (Å²) in [6, 6.07) is 11.3. The molecule has 2 nitrogen and oxygen atoms in total. The fourth-order valence-corrected chi connectivity index (χ4v) is 1.92. The lowest BCUT2D eigenvalue weighted by Crippen LogP contribution is -1.96. The first-order valence-electron chi connectivity index (χ1n) is 6.09. The molecule has 5 heteroatoms. The summed E-state index contributed by atoms with van der Waals surface area (Å²) in [5.74, 6) is 0.262. The van der Waals surface area contributed by atoms with Crippen molar-refractivity contribution in [2.75, 3.05) is 0 Å². The van der Waals surface area contributed by atoms with Crippen LogP contribution in [0.5, 0.6) is 5.75 Å². The number of ether oxygens (including phenoxy) is 1. The monoisotopic (exact) mass is 324 g/mol. The summed E-state index contributed by atoms with van der Waals surface area (Å²) in [4.78, 5) is 10.6. The molecule has 108 valence electrons. The number of carbonyl (C=O) groups is 1. The van der Waals surface area contributed by atoms with Crippen LogP contribution in [-0.2, 0) is 11.4 Å². The summed E-state index contributed by atoms with van der Waals surface area (Å²) in [5.41, 5.74) is 1.53. The second-order valence-corrected chi connectivity index (χ2v) is 5.01. The van der Waals surface area contributed by atoms with Crippen LogP contribution in [0.25, 0.3) is 6.08 Å². The Morgan fingerprint density at radius 3 is 2.52 bits per heavy atom. The summed E-state index contributed by atoms with van der Waals surface area (Å²) in [5, 5.41) is -0.198. The normalized spacial score (nSPS) is 10.8. The van der Waals surface area contributed by atoms with Crippen LogP contribution in [0.2, 0.25) is 5.02 Å². The third kappa shape index (κ3) is 4.88. The Bertz CT molecular complexity index is 666. The highest BCUT2D eigenvalue weighted by Gasteiger charge is 2.03. The second kappa shape index (κ2) is 7.25. The molecule has 0 unspecified atom stereocenters. The molecule has 0 bridgehead atoms. The first kappa shape index (κ1) is 15.5. The van der Waals surface area contributed by atoms with Gasteiger partial charge in [-0.2, -0.15) is 0 Å². The highest BCUT2D eigenvalue weighted by Crippen LogP contribution is 2.20. The van der Waals surface area contributed by atoms with Crippen molar-refractivity contribution in [1.82, 2.24) is 0 Å². The third-order valence-corrected chi connectivity index (χ3v) is 3.17. The molecular weight excluding hydrogens is 314 g/mol. The Kier molecular flexibility index (Phi) is 5.37. The molecule has 2 rings (SSSR count). The van der Waals surface area contributed by atoms with E-state index < -0.39 is 5.24 Å². The van der Waals surface area contributed by atoms with Crippen molar-refractivity contribution in [1.29, 1.82) is 0 Å². The molecule has 0 heterocycles. The van der Waals surface area contributed by atoms with E-state index in [9.17, 15) is 9.18 Å². The summed E-state index contributed by atoms with van der Waals surface area (Å²) >= 11 is 11.1. The van der Waals surface area contributed by atoms with Crippen LogP contribution in [-0.4, -0.2) is 5.24 Å². The highest BCUT2D eigenvalue weighted by atomic mass is 35.5. The van der Waals surface area contributed by atoms with Crippen LogP contribution < -0.4 is 4.74 Å². The van der Waals surface area contributed by atoms with Gasteiger partial charge in [-0.05, 0) is 47.5 Å². The van der Waals surface area contributed by atoms with Crippen LogP contribution in [0.3, 0.4) is 0 Å². The van der Waals surface area contributed by atoms with Crippen molar-refractivity contribution in [3.63, 3.8) is 0 Å². The maximum Gasteiger partial charge on any atom is 0.245 e. The first-order chi connectivity index (χ1) is 10.0. The zero-order valence-corrected chi connectivity index (χ0v) is 12.4. The van der Waals surface area contributed by atoms with Gasteiger partial charge in [-0.25, -0.2) is 4.39 Å². The van der Waals surface area contributed by atoms with Crippen LogP contribution >= 0.6 is 23.2 Å². The van der Waals surface area contributed by atoms with E-state index >= 15 is 0 Å². The molecule has 0 saturated carbocycles. The van der Waals surface area contributed by atoms with Crippen LogP contribution in [0.15, 0.2) is 48.5 Å². The molecule has 0 spiro atoms. The van der Waals surface area contributed by atoms with E-state index in [4.69, 9.17) is 27.9 Å². The quantitative estimate of drug-likeness (QED) is 0.581. The van der Waals surface area contributed by atoms with Gasteiger partial charge >= 0.3 is 0 Å². The maximum absolute atomic E-state index is 12.9.